The maximum Gasteiger partial charge on any atom is 0.315 e. The van der Waals surface area contributed by atoms with Crippen LogP contribution in [0.4, 0.5) is 13.6 Å². The third-order valence-corrected chi connectivity index (χ3v) is 3.60. The number of hydrogen-bond acceptors (Lipinski definition) is 4. The van der Waals surface area contributed by atoms with E-state index in [0.717, 1.165) is 23.1 Å². The first-order chi connectivity index (χ1) is 12.0. The highest BCUT2D eigenvalue weighted by atomic mass is 19.3. The molecule has 0 aliphatic heterocycles. The monoisotopic (exact) mass is 346 g/mol. The van der Waals surface area contributed by atoms with Crippen molar-refractivity contribution in [2.24, 2.45) is 0 Å². The van der Waals surface area contributed by atoms with E-state index < -0.39 is 12.5 Å². The molecule has 0 aromatic carbocycles. The van der Waals surface area contributed by atoms with E-state index in [1.54, 1.807) is 0 Å². The number of carbonyl (C=O) groups is 1. The summed E-state index contributed by atoms with van der Waals surface area (Å²) in [6.45, 7) is 2.10. The number of rotatable bonds is 5. The molecule has 0 saturated heterocycles. The summed E-state index contributed by atoms with van der Waals surface area (Å²) in [5, 5.41) is 5.26. The molecule has 0 radical (unpaired) electrons. The molecule has 3 rings (SSSR count). The Morgan fingerprint density at radius 1 is 1.20 bits per heavy atom. The van der Waals surface area contributed by atoms with E-state index in [1.165, 1.54) is 6.20 Å². The SMILES string of the molecule is Cc1nc2ccccn2c1CNC(=O)NCc1nccc(C(F)F)n1. The van der Waals surface area contributed by atoms with Crippen molar-refractivity contribution in [1.29, 1.82) is 0 Å². The van der Waals surface area contributed by atoms with E-state index in [1.807, 2.05) is 35.7 Å². The van der Waals surface area contributed by atoms with Gasteiger partial charge in [0, 0.05) is 12.4 Å². The van der Waals surface area contributed by atoms with Gasteiger partial charge in [-0.3, -0.25) is 0 Å². The van der Waals surface area contributed by atoms with Crippen molar-refractivity contribution in [2.45, 2.75) is 26.4 Å². The molecule has 9 heteroatoms. The number of urea groups is 1. The van der Waals surface area contributed by atoms with Crippen LogP contribution in [0.5, 0.6) is 0 Å². The van der Waals surface area contributed by atoms with Crippen LogP contribution < -0.4 is 10.6 Å². The second-order valence-electron chi connectivity index (χ2n) is 5.31. The fraction of sp³-hybridized carbons (Fsp3) is 0.250. The Morgan fingerprint density at radius 2 is 2.00 bits per heavy atom. The van der Waals surface area contributed by atoms with Gasteiger partial charge in [-0.1, -0.05) is 6.07 Å². The Hall–Kier alpha value is -3.10. The highest BCUT2D eigenvalue weighted by Gasteiger charge is 2.12. The molecule has 0 unspecified atom stereocenters. The lowest BCUT2D eigenvalue weighted by Crippen LogP contribution is -2.35. The molecular formula is C16H16F2N6O. The quantitative estimate of drug-likeness (QED) is 0.743. The molecule has 0 spiro atoms. The molecule has 3 aromatic rings. The zero-order valence-corrected chi connectivity index (χ0v) is 13.4. The van der Waals surface area contributed by atoms with Gasteiger partial charge in [0.1, 0.15) is 17.2 Å². The molecule has 7 nitrogen and oxygen atoms in total. The van der Waals surface area contributed by atoms with E-state index in [-0.39, 0.29) is 24.6 Å². The minimum absolute atomic E-state index is 0.0431. The second kappa shape index (κ2) is 7.20. The number of hydrogen-bond donors (Lipinski definition) is 2. The number of aryl methyl sites for hydroxylation is 1. The number of amides is 2. The molecule has 0 bridgehead atoms. The maximum atomic E-state index is 12.6. The van der Waals surface area contributed by atoms with Crippen molar-refractivity contribution in [3.63, 3.8) is 0 Å². The molecule has 25 heavy (non-hydrogen) atoms. The van der Waals surface area contributed by atoms with Crippen molar-refractivity contribution >= 4 is 11.7 Å². The van der Waals surface area contributed by atoms with Gasteiger partial charge in [0.2, 0.25) is 0 Å². The first-order valence-corrected chi connectivity index (χ1v) is 7.59. The Labute approximate surface area is 142 Å². The zero-order chi connectivity index (χ0) is 17.8. The van der Waals surface area contributed by atoms with Gasteiger partial charge < -0.3 is 15.0 Å². The van der Waals surface area contributed by atoms with Gasteiger partial charge in [-0.2, -0.15) is 0 Å². The first-order valence-electron chi connectivity index (χ1n) is 7.59. The van der Waals surface area contributed by atoms with Crippen molar-refractivity contribution in [3.05, 3.63) is 59.6 Å². The Morgan fingerprint density at radius 3 is 2.80 bits per heavy atom. The first kappa shape index (κ1) is 16.7. The third kappa shape index (κ3) is 3.87. The molecule has 2 amide bonds. The van der Waals surface area contributed by atoms with Crippen LogP contribution >= 0.6 is 0 Å². The largest absolute Gasteiger partial charge is 0.332 e. The van der Waals surface area contributed by atoms with Crippen LogP contribution in [0.25, 0.3) is 5.65 Å². The Bertz CT molecular complexity index is 895. The molecule has 0 aliphatic rings. The van der Waals surface area contributed by atoms with Crippen molar-refractivity contribution in [3.8, 4) is 0 Å². The lowest BCUT2D eigenvalue weighted by atomic mass is 10.3. The molecule has 2 N–H and O–H groups in total. The molecule has 3 aromatic heterocycles. The van der Waals surface area contributed by atoms with Crippen molar-refractivity contribution < 1.29 is 13.6 Å². The minimum atomic E-state index is -2.67. The van der Waals surface area contributed by atoms with Crippen LogP contribution in [0.2, 0.25) is 0 Å². The predicted molar refractivity (Wildman–Crippen MR) is 86.0 cm³/mol. The van der Waals surface area contributed by atoms with Crippen molar-refractivity contribution in [2.75, 3.05) is 0 Å². The molecule has 0 saturated carbocycles. The fourth-order valence-corrected chi connectivity index (χ4v) is 2.38. The van der Waals surface area contributed by atoms with Crippen LogP contribution in [-0.2, 0) is 13.1 Å². The van der Waals surface area contributed by atoms with Crippen LogP contribution in [-0.4, -0.2) is 25.4 Å². The summed E-state index contributed by atoms with van der Waals surface area (Å²) in [6, 6.07) is 6.34. The van der Waals surface area contributed by atoms with Crippen LogP contribution in [0.3, 0.4) is 0 Å². The van der Waals surface area contributed by atoms with Crippen LogP contribution in [0.1, 0.15) is 29.3 Å². The normalized spacial score (nSPS) is 11.0. The number of alkyl halides is 2. The van der Waals surface area contributed by atoms with Gasteiger partial charge in [-0.15, -0.1) is 0 Å². The lowest BCUT2D eigenvalue weighted by Gasteiger charge is -2.08. The fourth-order valence-electron chi connectivity index (χ4n) is 2.38. The van der Waals surface area contributed by atoms with Crippen molar-refractivity contribution in [1.82, 2.24) is 30.0 Å². The van der Waals surface area contributed by atoms with Gasteiger partial charge in [0.25, 0.3) is 6.43 Å². The summed E-state index contributed by atoms with van der Waals surface area (Å²) >= 11 is 0. The average Bonchev–Trinajstić information content (AvgIpc) is 2.93. The zero-order valence-electron chi connectivity index (χ0n) is 13.4. The van der Waals surface area contributed by atoms with Crippen LogP contribution in [0, 0.1) is 6.92 Å². The average molecular weight is 346 g/mol. The molecule has 0 atom stereocenters. The number of imidazole rings is 1. The van der Waals surface area contributed by atoms with E-state index in [4.69, 9.17) is 0 Å². The second-order valence-corrected chi connectivity index (χ2v) is 5.31. The minimum Gasteiger partial charge on any atom is -0.332 e. The standard InChI is InChI=1S/C16H16F2N6O/c1-10-12(24-7-3-2-4-14(24)22-10)8-20-16(25)21-9-13-19-6-5-11(23-13)15(17)18/h2-7,15H,8-9H2,1H3,(H2,20,21,25). The highest BCUT2D eigenvalue weighted by molar-refractivity contribution is 5.73. The Balaban J connectivity index is 1.58. The van der Waals surface area contributed by atoms with Gasteiger partial charge in [0.15, 0.2) is 0 Å². The Kier molecular flexibility index (Phi) is 4.82. The molecule has 130 valence electrons. The summed E-state index contributed by atoms with van der Waals surface area (Å²) in [5.74, 6) is 0.124. The molecule has 0 fully saturated rings. The van der Waals surface area contributed by atoms with E-state index >= 15 is 0 Å². The summed E-state index contributed by atoms with van der Waals surface area (Å²) in [7, 11) is 0. The molecule has 3 heterocycles. The van der Waals surface area contributed by atoms with E-state index in [2.05, 4.69) is 25.6 Å². The van der Waals surface area contributed by atoms with Gasteiger partial charge in [-0.05, 0) is 25.1 Å². The number of aromatic nitrogens is 4. The number of carbonyl (C=O) groups excluding carboxylic acids is 1. The number of nitrogens with one attached hydrogen (secondary N) is 2. The number of nitrogens with zero attached hydrogens (tertiary/aromatic N) is 4. The van der Waals surface area contributed by atoms with Gasteiger partial charge in [0.05, 0.1) is 24.5 Å². The van der Waals surface area contributed by atoms with Gasteiger partial charge in [-0.25, -0.2) is 28.5 Å². The third-order valence-electron chi connectivity index (χ3n) is 3.60. The highest BCUT2D eigenvalue weighted by Crippen LogP contribution is 2.15. The smallest absolute Gasteiger partial charge is 0.315 e. The lowest BCUT2D eigenvalue weighted by molar-refractivity contribution is 0.145. The summed E-state index contributed by atoms with van der Waals surface area (Å²) in [6.07, 6.45) is 0.438. The van der Waals surface area contributed by atoms with Crippen LogP contribution in [0.15, 0.2) is 36.7 Å². The van der Waals surface area contributed by atoms with E-state index in [0.29, 0.717) is 0 Å². The molecular weight excluding hydrogens is 330 g/mol. The molecule has 0 aliphatic carbocycles. The van der Waals surface area contributed by atoms with E-state index in [9.17, 15) is 13.6 Å². The number of halogens is 2. The number of fused-ring (bicyclic) bond motifs is 1. The summed E-state index contributed by atoms with van der Waals surface area (Å²) in [5.41, 5.74) is 2.11. The topological polar surface area (TPSA) is 84.2 Å². The van der Waals surface area contributed by atoms with Gasteiger partial charge >= 0.3 is 6.03 Å². The number of pyridine rings is 1. The maximum absolute atomic E-state index is 12.6. The summed E-state index contributed by atoms with van der Waals surface area (Å²) < 4.78 is 27.1. The predicted octanol–water partition coefficient (Wildman–Crippen LogP) is 2.37. The summed E-state index contributed by atoms with van der Waals surface area (Å²) in [4.78, 5) is 23.9.